The van der Waals surface area contributed by atoms with E-state index in [0.717, 1.165) is 10.6 Å². The zero-order chi connectivity index (χ0) is 10.7. The second-order valence-electron chi connectivity index (χ2n) is 3.47. The monoisotopic (exact) mass is 217 g/mol. The maximum absolute atomic E-state index is 12.6. The van der Waals surface area contributed by atoms with Gasteiger partial charge in [0.15, 0.2) is 0 Å². The fourth-order valence-corrected chi connectivity index (χ4v) is 3.16. The van der Waals surface area contributed by atoms with E-state index in [1.807, 2.05) is 42.5 Å². The van der Waals surface area contributed by atoms with Crippen LogP contribution in [0.3, 0.4) is 0 Å². The van der Waals surface area contributed by atoms with E-state index in [1.165, 1.54) is 0 Å². The van der Waals surface area contributed by atoms with Crippen LogP contribution in [0, 0.1) is 0 Å². The molecule has 3 heteroatoms. The first kappa shape index (κ1) is 10.1. The molecule has 15 heavy (non-hydrogen) atoms. The van der Waals surface area contributed by atoms with Crippen molar-refractivity contribution in [3.8, 4) is 0 Å². The van der Waals surface area contributed by atoms with Gasteiger partial charge in [-0.1, -0.05) is 30.3 Å². The highest BCUT2D eigenvalue weighted by atomic mass is 31.2. The minimum atomic E-state index is -2.46. The lowest BCUT2D eigenvalue weighted by atomic mass is 10.4. The first-order valence-electron chi connectivity index (χ1n) is 4.75. The predicted molar refractivity (Wildman–Crippen MR) is 63.5 cm³/mol. The van der Waals surface area contributed by atoms with Gasteiger partial charge in [0, 0.05) is 23.0 Å². The minimum Gasteiger partial charge on any atom is -0.314 e. The SMILES string of the molecule is CP(=O)(c1ccccc1)c1cccnc1. The highest BCUT2D eigenvalue weighted by Crippen LogP contribution is 2.37. The average Bonchev–Trinajstić information content (AvgIpc) is 2.31. The van der Waals surface area contributed by atoms with Crippen molar-refractivity contribution in [1.29, 1.82) is 0 Å². The summed E-state index contributed by atoms with van der Waals surface area (Å²) in [7, 11) is -2.46. The van der Waals surface area contributed by atoms with Gasteiger partial charge in [-0.2, -0.15) is 0 Å². The standard InChI is InChI=1S/C12H12NOP/c1-15(14,11-6-3-2-4-7-11)12-8-5-9-13-10-12/h2-10H,1H3. The molecule has 0 N–H and O–H groups in total. The number of rotatable bonds is 2. The molecule has 0 spiro atoms. The largest absolute Gasteiger partial charge is 0.314 e. The Morgan fingerprint density at radius 3 is 2.27 bits per heavy atom. The number of benzene rings is 1. The molecule has 1 atom stereocenters. The third kappa shape index (κ3) is 2.00. The van der Waals surface area contributed by atoms with Crippen molar-refractivity contribution in [2.24, 2.45) is 0 Å². The molecule has 0 amide bonds. The second kappa shape index (κ2) is 4.00. The van der Waals surface area contributed by atoms with Gasteiger partial charge in [0.1, 0.15) is 7.14 Å². The number of hydrogen-bond acceptors (Lipinski definition) is 2. The summed E-state index contributed by atoms with van der Waals surface area (Å²) in [6.45, 7) is 1.78. The first-order chi connectivity index (χ1) is 7.21. The van der Waals surface area contributed by atoms with Crippen molar-refractivity contribution in [2.45, 2.75) is 0 Å². The molecular formula is C12H12NOP. The predicted octanol–water partition coefficient (Wildman–Crippen LogP) is 2.03. The van der Waals surface area contributed by atoms with E-state index in [-0.39, 0.29) is 0 Å². The molecule has 0 radical (unpaired) electrons. The normalized spacial score (nSPS) is 14.5. The zero-order valence-electron chi connectivity index (χ0n) is 8.50. The maximum Gasteiger partial charge on any atom is 0.141 e. The van der Waals surface area contributed by atoms with Gasteiger partial charge in [-0.05, 0) is 18.8 Å². The van der Waals surface area contributed by atoms with E-state index in [2.05, 4.69) is 4.98 Å². The second-order valence-corrected chi connectivity index (χ2v) is 6.35. The van der Waals surface area contributed by atoms with Crippen molar-refractivity contribution in [2.75, 3.05) is 6.66 Å². The van der Waals surface area contributed by atoms with Crippen LogP contribution in [-0.4, -0.2) is 11.6 Å². The van der Waals surface area contributed by atoms with Crippen molar-refractivity contribution >= 4 is 17.8 Å². The fraction of sp³-hybridized carbons (Fsp3) is 0.0833. The fourth-order valence-electron chi connectivity index (χ4n) is 1.47. The number of aromatic nitrogens is 1. The molecule has 0 fully saturated rings. The van der Waals surface area contributed by atoms with Gasteiger partial charge < -0.3 is 4.57 Å². The average molecular weight is 217 g/mol. The summed E-state index contributed by atoms with van der Waals surface area (Å²) in [6.07, 6.45) is 3.36. The number of hydrogen-bond donors (Lipinski definition) is 0. The Kier molecular flexibility index (Phi) is 2.70. The molecule has 0 bridgehead atoms. The van der Waals surface area contributed by atoms with Gasteiger partial charge in [0.25, 0.3) is 0 Å². The van der Waals surface area contributed by atoms with Crippen LogP contribution in [-0.2, 0) is 4.57 Å². The van der Waals surface area contributed by atoms with Crippen LogP contribution in [0.1, 0.15) is 0 Å². The molecule has 2 rings (SSSR count). The third-order valence-corrected chi connectivity index (χ3v) is 4.92. The molecule has 0 aliphatic rings. The highest BCUT2D eigenvalue weighted by molar-refractivity contribution is 7.78. The first-order valence-corrected chi connectivity index (χ1v) is 6.90. The molecule has 1 aromatic carbocycles. The van der Waals surface area contributed by atoms with Crippen LogP contribution in [0.2, 0.25) is 0 Å². The molecule has 2 nitrogen and oxygen atoms in total. The molecule has 1 aromatic heterocycles. The van der Waals surface area contributed by atoms with Crippen molar-refractivity contribution in [3.05, 3.63) is 54.9 Å². The molecule has 0 aliphatic carbocycles. The lowest BCUT2D eigenvalue weighted by molar-refractivity contribution is 0.590. The van der Waals surface area contributed by atoms with Crippen LogP contribution in [0.25, 0.3) is 0 Å². The van der Waals surface area contributed by atoms with Gasteiger partial charge >= 0.3 is 0 Å². The Labute approximate surface area is 89.4 Å². The Balaban J connectivity index is 2.50. The summed E-state index contributed by atoms with van der Waals surface area (Å²) in [5.74, 6) is 0. The van der Waals surface area contributed by atoms with Crippen LogP contribution < -0.4 is 10.6 Å². The highest BCUT2D eigenvalue weighted by Gasteiger charge is 2.20. The van der Waals surface area contributed by atoms with E-state index in [0.29, 0.717) is 0 Å². The summed E-state index contributed by atoms with van der Waals surface area (Å²) in [6, 6.07) is 13.2. The molecule has 0 saturated heterocycles. The lowest BCUT2D eigenvalue weighted by Crippen LogP contribution is -2.14. The lowest BCUT2D eigenvalue weighted by Gasteiger charge is -2.12. The van der Waals surface area contributed by atoms with E-state index in [1.54, 1.807) is 19.1 Å². The molecule has 0 saturated carbocycles. The smallest absolute Gasteiger partial charge is 0.141 e. The van der Waals surface area contributed by atoms with Gasteiger partial charge in [0.05, 0.1) is 0 Å². The van der Waals surface area contributed by atoms with E-state index in [4.69, 9.17) is 0 Å². The quantitative estimate of drug-likeness (QED) is 0.720. The molecule has 76 valence electrons. The molecule has 2 aromatic rings. The van der Waals surface area contributed by atoms with Gasteiger partial charge in [-0.15, -0.1) is 0 Å². The summed E-state index contributed by atoms with van der Waals surface area (Å²) >= 11 is 0. The summed E-state index contributed by atoms with van der Waals surface area (Å²) in [5, 5.41) is 1.68. The topological polar surface area (TPSA) is 30.0 Å². The van der Waals surface area contributed by atoms with Crippen LogP contribution in [0.5, 0.6) is 0 Å². The molecule has 0 aliphatic heterocycles. The van der Waals surface area contributed by atoms with Crippen LogP contribution >= 0.6 is 7.14 Å². The Morgan fingerprint density at radius 1 is 1.00 bits per heavy atom. The van der Waals surface area contributed by atoms with Gasteiger partial charge in [-0.3, -0.25) is 4.98 Å². The van der Waals surface area contributed by atoms with E-state index >= 15 is 0 Å². The van der Waals surface area contributed by atoms with E-state index < -0.39 is 7.14 Å². The number of nitrogens with zero attached hydrogens (tertiary/aromatic N) is 1. The Bertz CT molecular complexity index is 438. The van der Waals surface area contributed by atoms with Crippen LogP contribution in [0.15, 0.2) is 54.9 Å². The van der Waals surface area contributed by atoms with Crippen molar-refractivity contribution in [1.82, 2.24) is 4.98 Å². The molecule has 1 heterocycles. The van der Waals surface area contributed by atoms with Crippen molar-refractivity contribution in [3.63, 3.8) is 0 Å². The summed E-state index contributed by atoms with van der Waals surface area (Å²) < 4.78 is 12.6. The maximum atomic E-state index is 12.6. The minimum absolute atomic E-state index is 0.802. The van der Waals surface area contributed by atoms with E-state index in [9.17, 15) is 4.57 Å². The molecular weight excluding hydrogens is 205 g/mol. The van der Waals surface area contributed by atoms with Gasteiger partial charge in [-0.25, -0.2) is 0 Å². The van der Waals surface area contributed by atoms with Crippen molar-refractivity contribution < 1.29 is 4.57 Å². The summed E-state index contributed by atoms with van der Waals surface area (Å²) in [4.78, 5) is 4.00. The Hall–Kier alpha value is -1.40. The van der Waals surface area contributed by atoms with Crippen LogP contribution in [0.4, 0.5) is 0 Å². The summed E-state index contributed by atoms with van der Waals surface area (Å²) in [5.41, 5.74) is 0. The molecule has 1 unspecified atom stereocenters. The third-order valence-electron chi connectivity index (χ3n) is 2.39. The van der Waals surface area contributed by atoms with Gasteiger partial charge in [0.2, 0.25) is 0 Å². The number of pyridine rings is 1. The zero-order valence-corrected chi connectivity index (χ0v) is 9.39. The Morgan fingerprint density at radius 2 is 1.67 bits per heavy atom.